The molecule has 1 N–H and O–H groups in total. The number of aromatic amines is 1. The number of piperidine rings is 1. The van der Waals surface area contributed by atoms with Gasteiger partial charge in [0.25, 0.3) is 10.0 Å². The van der Waals surface area contributed by atoms with E-state index in [1.54, 1.807) is 0 Å². The summed E-state index contributed by atoms with van der Waals surface area (Å²) in [6.07, 6.45) is 6.09. The van der Waals surface area contributed by atoms with Gasteiger partial charge in [-0.25, -0.2) is 21.8 Å². The highest BCUT2D eigenvalue weighted by atomic mass is 32.2. The second-order valence-electron chi connectivity index (χ2n) is 5.56. The fourth-order valence-electron chi connectivity index (χ4n) is 3.32. The lowest BCUT2D eigenvalue weighted by Gasteiger charge is -2.36. The van der Waals surface area contributed by atoms with Crippen LogP contribution in [0.25, 0.3) is 0 Å². The molecule has 0 amide bonds. The number of fused-ring (bicyclic) bond motifs is 2. The molecule has 0 radical (unpaired) electrons. The van der Waals surface area contributed by atoms with Crippen molar-refractivity contribution >= 4 is 19.9 Å². The Labute approximate surface area is 118 Å². The zero-order valence-electron chi connectivity index (χ0n) is 11.1. The summed E-state index contributed by atoms with van der Waals surface area (Å²) < 4.78 is 50.0. The molecule has 20 heavy (non-hydrogen) atoms. The molecule has 3 rings (SSSR count). The fourth-order valence-corrected chi connectivity index (χ4v) is 6.26. The number of nitrogens with one attached hydrogen (secondary N) is 1. The average molecular weight is 319 g/mol. The maximum Gasteiger partial charge on any atom is 0.260 e. The summed E-state index contributed by atoms with van der Waals surface area (Å²) in [4.78, 5) is 6.38. The van der Waals surface area contributed by atoms with Gasteiger partial charge in [0, 0.05) is 18.3 Å². The van der Waals surface area contributed by atoms with Gasteiger partial charge in [0.1, 0.15) is 9.84 Å². The van der Waals surface area contributed by atoms with Crippen LogP contribution in [-0.2, 0) is 19.9 Å². The molecule has 0 saturated carbocycles. The fraction of sp³-hybridized carbons (Fsp3) is 0.727. The normalized spacial score (nSPS) is 31.6. The first-order valence-electron chi connectivity index (χ1n) is 6.51. The topological polar surface area (TPSA) is 100 Å². The molecule has 2 bridgehead atoms. The Morgan fingerprint density at radius 3 is 2.25 bits per heavy atom. The molecule has 2 aliphatic heterocycles. The van der Waals surface area contributed by atoms with Crippen LogP contribution in [0.15, 0.2) is 17.6 Å². The van der Waals surface area contributed by atoms with Crippen LogP contribution in [-0.4, -0.2) is 54.7 Å². The van der Waals surface area contributed by atoms with Crippen LogP contribution < -0.4 is 0 Å². The summed E-state index contributed by atoms with van der Waals surface area (Å²) in [5.74, 6) is 0. The minimum absolute atomic E-state index is 0.0761. The lowest BCUT2D eigenvalue weighted by molar-refractivity contribution is 0.248. The van der Waals surface area contributed by atoms with Crippen molar-refractivity contribution in [3.63, 3.8) is 0 Å². The molecule has 9 heteroatoms. The lowest BCUT2D eigenvalue weighted by Crippen LogP contribution is -2.49. The summed E-state index contributed by atoms with van der Waals surface area (Å²) in [6, 6.07) is -0.441. The van der Waals surface area contributed by atoms with Gasteiger partial charge < -0.3 is 4.98 Å². The molecule has 2 fully saturated rings. The van der Waals surface area contributed by atoms with E-state index in [2.05, 4.69) is 9.97 Å². The first kappa shape index (κ1) is 14.0. The number of rotatable bonds is 3. The van der Waals surface area contributed by atoms with Crippen molar-refractivity contribution in [3.05, 3.63) is 12.5 Å². The number of hydrogen-bond donors (Lipinski definition) is 1. The van der Waals surface area contributed by atoms with Crippen molar-refractivity contribution in [3.8, 4) is 0 Å². The third-order valence-electron chi connectivity index (χ3n) is 4.26. The SMILES string of the molecule is CS(=O)(=O)C1CC2CCC(C1)N2S(=O)(=O)c1cnc[nH]1. The average Bonchev–Trinajstić information content (AvgIpc) is 2.95. The second-order valence-corrected chi connectivity index (χ2v) is 9.70. The van der Waals surface area contributed by atoms with Crippen LogP contribution in [0.3, 0.4) is 0 Å². The minimum atomic E-state index is -3.60. The predicted octanol–water partition coefficient (Wildman–Crippen LogP) is 0.138. The highest BCUT2D eigenvalue weighted by Crippen LogP contribution is 2.41. The molecule has 2 atom stereocenters. The zero-order chi connectivity index (χ0) is 14.5. The maximum atomic E-state index is 12.6. The zero-order valence-corrected chi connectivity index (χ0v) is 12.7. The van der Waals surface area contributed by atoms with Crippen molar-refractivity contribution in [1.29, 1.82) is 0 Å². The monoisotopic (exact) mass is 319 g/mol. The third kappa shape index (κ3) is 2.17. The molecular formula is C11H17N3O4S2. The van der Waals surface area contributed by atoms with E-state index in [0.717, 1.165) is 12.8 Å². The number of H-pyrrole nitrogens is 1. The summed E-state index contributed by atoms with van der Waals surface area (Å²) in [5, 5.41) is -0.347. The van der Waals surface area contributed by atoms with E-state index in [4.69, 9.17) is 0 Å². The molecule has 0 aliphatic carbocycles. The van der Waals surface area contributed by atoms with Gasteiger partial charge >= 0.3 is 0 Å². The van der Waals surface area contributed by atoms with E-state index in [1.165, 1.54) is 23.1 Å². The van der Waals surface area contributed by atoms with Crippen molar-refractivity contribution in [2.24, 2.45) is 0 Å². The van der Waals surface area contributed by atoms with Crippen LogP contribution in [0.1, 0.15) is 25.7 Å². The number of sulfonamides is 1. The van der Waals surface area contributed by atoms with Gasteiger partial charge in [0.15, 0.2) is 5.03 Å². The number of nitrogens with zero attached hydrogens (tertiary/aromatic N) is 2. The van der Waals surface area contributed by atoms with Gasteiger partial charge in [-0.15, -0.1) is 0 Å². The smallest absolute Gasteiger partial charge is 0.260 e. The Morgan fingerprint density at radius 1 is 1.20 bits per heavy atom. The molecule has 1 aromatic rings. The van der Waals surface area contributed by atoms with Crippen molar-refractivity contribution in [2.45, 2.75) is 48.0 Å². The van der Waals surface area contributed by atoms with E-state index >= 15 is 0 Å². The summed E-state index contributed by atoms with van der Waals surface area (Å²) in [7, 11) is -6.72. The number of aromatic nitrogens is 2. The van der Waals surface area contributed by atoms with Crippen LogP contribution >= 0.6 is 0 Å². The summed E-state index contributed by atoms with van der Waals surface area (Å²) in [6.45, 7) is 0. The van der Waals surface area contributed by atoms with Crippen LogP contribution in [0.5, 0.6) is 0 Å². The van der Waals surface area contributed by atoms with Gasteiger partial charge in [-0.2, -0.15) is 4.31 Å². The quantitative estimate of drug-likeness (QED) is 0.854. The lowest BCUT2D eigenvalue weighted by atomic mass is 10.1. The molecule has 0 aromatic carbocycles. The van der Waals surface area contributed by atoms with Crippen molar-refractivity contribution in [1.82, 2.24) is 14.3 Å². The largest absolute Gasteiger partial charge is 0.335 e. The Hall–Kier alpha value is -0.930. The van der Waals surface area contributed by atoms with E-state index in [0.29, 0.717) is 12.8 Å². The molecule has 2 saturated heterocycles. The van der Waals surface area contributed by atoms with Crippen LogP contribution in [0.2, 0.25) is 0 Å². The molecule has 1 aromatic heterocycles. The Morgan fingerprint density at radius 2 is 1.80 bits per heavy atom. The summed E-state index contributed by atoms with van der Waals surface area (Å²) >= 11 is 0. The highest BCUT2D eigenvalue weighted by molar-refractivity contribution is 7.91. The van der Waals surface area contributed by atoms with E-state index in [-0.39, 0.29) is 17.1 Å². The molecule has 3 heterocycles. The highest BCUT2D eigenvalue weighted by Gasteiger charge is 2.49. The number of hydrogen-bond acceptors (Lipinski definition) is 5. The second kappa shape index (κ2) is 4.54. The van der Waals surface area contributed by atoms with E-state index in [9.17, 15) is 16.8 Å². The number of sulfone groups is 1. The maximum absolute atomic E-state index is 12.6. The molecule has 2 aliphatic rings. The van der Waals surface area contributed by atoms with Crippen LogP contribution in [0, 0.1) is 0 Å². The molecule has 0 spiro atoms. The van der Waals surface area contributed by atoms with Gasteiger partial charge in [0.05, 0.1) is 17.8 Å². The van der Waals surface area contributed by atoms with Gasteiger partial charge in [0.2, 0.25) is 0 Å². The van der Waals surface area contributed by atoms with E-state index < -0.39 is 25.1 Å². The van der Waals surface area contributed by atoms with Crippen LogP contribution in [0.4, 0.5) is 0 Å². The Kier molecular flexibility index (Phi) is 3.18. The Balaban J connectivity index is 1.92. The first-order valence-corrected chi connectivity index (χ1v) is 9.90. The number of imidazole rings is 1. The molecular weight excluding hydrogens is 302 g/mol. The first-order chi connectivity index (χ1) is 9.30. The van der Waals surface area contributed by atoms with Crippen molar-refractivity contribution in [2.75, 3.05) is 6.26 Å². The van der Waals surface area contributed by atoms with E-state index in [1.807, 2.05) is 0 Å². The molecule has 112 valence electrons. The molecule has 2 unspecified atom stereocenters. The van der Waals surface area contributed by atoms with Gasteiger partial charge in [-0.3, -0.25) is 0 Å². The van der Waals surface area contributed by atoms with Crippen molar-refractivity contribution < 1.29 is 16.8 Å². The molecule has 7 nitrogen and oxygen atoms in total. The standard InChI is InChI=1S/C11H17N3O4S2/c1-19(15,16)10-4-8-2-3-9(5-10)14(8)20(17,18)11-6-12-7-13-11/h6-10H,2-5H2,1H3,(H,12,13). The third-order valence-corrected chi connectivity index (χ3v) is 7.78. The predicted molar refractivity (Wildman–Crippen MR) is 72.3 cm³/mol. The minimum Gasteiger partial charge on any atom is -0.335 e. The van der Waals surface area contributed by atoms with Gasteiger partial charge in [-0.1, -0.05) is 0 Å². The summed E-state index contributed by atoms with van der Waals surface area (Å²) in [5.41, 5.74) is 0. The van der Waals surface area contributed by atoms with Gasteiger partial charge in [-0.05, 0) is 25.7 Å². The Bertz CT molecular complexity index is 682.